The Kier molecular flexibility index (Phi) is 0.778. The molecule has 0 heteroatoms. The predicted octanol–water partition coefficient (Wildman–Crippen LogP) is 2.59. The molecule has 0 heterocycles. The maximum atomic E-state index is 2.44. The fraction of sp³-hybridized carbons (Fsp3) is 1.00. The fourth-order valence-electron chi connectivity index (χ4n) is 1.44. The molecule has 0 aromatic rings. The van der Waals surface area contributed by atoms with E-state index in [9.17, 15) is 0 Å². The molecule has 46 valence electrons. The molecule has 0 radical (unpaired) electrons. The fourth-order valence-corrected chi connectivity index (χ4v) is 1.44. The minimum Gasteiger partial charge on any atom is -0.0596 e. The van der Waals surface area contributed by atoms with Gasteiger partial charge < -0.3 is 0 Å². The second kappa shape index (κ2) is 1.29. The molecule has 2 fully saturated rings. The van der Waals surface area contributed by atoms with Gasteiger partial charge >= 0.3 is 0 Å². The summed E-state index contributed by atoms with van der Waals surface area (Å²) in [4.78, 5) is 0. The quantitative estimate of drug-likeness (QED) is 0.512. The van der Waals surface area contributed by atoms with E-state index < -0.39 is 0 Å². The molecule has 0 N–H and O–H groups in total. The summed E-state index contributed by atoms with van der Waals surface area (Å²) in [7, 11) is 0. The second-order valence-corrected chi connectivity index (χ2v) is 3.96. The van der Waals surface area contributed by atoms with Crippen LogP contribution in [0.5, 0.6) is 0 Å². The van der Waals surface area contributed by atoms with Crippen LogP contribution in [0.15, 0.2) is 0 Å². The van der Waals surface area contributed by atoms with Crippen molar-refractivity contribution >= 4 is 0 Å². The van der Waals surface area contributed by atoms with E-state index >= 15 is 0 Å². The average Bonchev–Trinajstić information content (AvgIpc) is 2.49. The summed E-state index contributed by atoms with van der Waals surface area (Å²) in [6.07, 6.45) is 7.66. The Labute approximate surface area is 51.3 Å². The van der Waals surface area contributed by atoms with E-state index in [4.69, 9.17) is 0 Å². The maximum Gasteiger partial charge on any atom is -0.0323 e. The predicted molar refractivity (Wildman–Crippen MR) is 34.7 cm³/mol. The van der Waals surface area contributed by atoms with Gasteiger partial charge in [0.15, 0.2) is 0 Å². The maximum absolute atomic E-state index is 2.44. The van der Waals surface area contributed by atoms with E-state index in [1.807, 2.05) is 0 Å². The van der Waals surface area contributed by atoms with Gasteiger partial charge in [0.1, 0.15) is 0 Å². The van der Waals surface area contributed by atoms with E-state index in [0.717, 1.165) is 11.3 Å². The Hall–Kier alpha value is 0. The van der Waals surface area contributed by atoms with Crippen LogP contribution >= 0.6 is 0 Å². The van der Waals surface area contributed by atoms with Crippen LogP contribution in [0.2, 0.25) is 0 Å². The number of hydrogen-bond acceptors (Lipinski definition) is 0. The smallest absolute Gasteiger partial charge is 0.0323 e. The van der Waals surface area contributed by atoms with Gasteiger partial charge in [0.05, 0.1) is 0 Å². The molecule has 0 amide bonds. The Morgan fingerprint density at radius 1 is 1.38 bits per heavy atom. The number of rotatable bonds is 2. The number of hydrogen-bond donors (Lipinski definition) is 0. The van der Waals surface area contributed by atoms with E-state index in [1.54, 1.807) is 6.42 Å². The largest absolute Gasteiger partial charge is 0.0596 e. The van der Waals surface area contributed by atoms with Crippen molar-refractivity contribution in [1.29, 1.82) is 0 Å². The third-order valence-corrected chi connectivity index (χ3v) is 2.58. The zero-order chi connectivity index (χ0) is 5.61. The highest BCUT2D eigenvalue weighted by Crippen LogP contribution is 2.54. The molecule has 2 aliphatic rings. The standard InChI is InChI=1S/C8H14/c1-8(4-5-8)6-7-2-3-7/h7H,2-6H2,1H3. The van der Waals surface area contributed by atoms with Crippen molar-refractivity contribution in [2.24, 2.45) is 11.3 Å². The average molecular weight is 110 g/mol. The third kappa shape index (κ3) is 0.888. The molecule has 0 aromatic heterocycles. The van der Waals surface area contributed by atoms with Crippen LogP contribution in [0.4, 0.5) is 0 Å². The molecule has 0 nitrogen and oxygen atoms in total. The van der Waals surface area contributed by atoms with Gasteiger partial charge in [0.2, 0.25) is 0 Å². The minimum absolute atomic E-state index is 0.834. The highest BCUT2D eigenvalue weighted by Gasteiger charge is 2.41. The molecule has 0 bridgehead atoms. The molecule has 2 aliphatic carbocycles. The van der Waals surface area contributed by atoms with Crippen LogP contribution in [0.3, 0.4) is 0 Å². The lowest BCUT2D eigenvalue weighted by Gasteiger charge is -2.03. The molecule has 0 aliphatic heterocycles. The van der Waals surface area contributed by atoms with Gasteiger partial charge in [-0.3, -0.25) is 0 Å². The van der Waals surface area contributed by atoms with Crippen LogP contribution in [0.25, 0.3) is 0 Å². The van der Waals surface area contributed by atoms with Gasteiger partial charge in [-0.15, -0.1) is 0 Å². The Morgan fingerprint density at radius 2 is 2.00 bits per heavy atom. The molecule has 0 saturated heterocycles. The molecular weight excluding hydrogens is 96.1 g/mol. The van der Waals surface area contributed by atoms with Gasteiger partial charge in [0, 0.05) is 0 Å². The van der Waals surface area contributed by atoms with E-state index in [0.29, 0.717) is 0 Å². The SMILES string of the molecule is CC1(CC2CC2)CC1. The molecule has 0 atom stereocenters. The summed E-state index contributed by atoms with van der Waals surface area (Å²) in [5.41, 5.74) is 0.834. The van der Waals surface area contributed by atoms with E-state index in [-0.39, 0.29) is 0 Å². The highest BCUT2D eigenvalue weighted by atomic mass is 14.5. The van der Waals surface area contributed by atoms with E-state index in [2.05, 4.69) is 6.92 Å². The monoisotopic (exact) mass is 110 g/mol. The normalized spacial score (nSPS) is 32.6. The molecule has 2 saturated carbocycles. The summed E-state index contributed by atoms with van der Waals surface area (Å²) in [6.45, 7) is 2.44. The van der Waals surface area contributed by atoms with Gasteiger partial charge in [0.25, 0.3) is 0 Å². The Morgan fingerprint density at radius 3 is 2.38 bits per heavy atom. The van der Waals surface area contributed by atoms with E-state index in [1.165, 1.54) is 25.7 Å². The summed E-state index contributed by atoms with van der Waals surface area (Å²) in [5, 5.41) is 0. The van der Waals surface area contributed by atoms with Crippen LogP contribution < -0.4 is 0 Å². The van der Waals surface area contributed by atoms with Crippen LogP contribution in [0, 0.1) is 11.3 Å². The molecule has 0 spiro atoms. The van der Waals surface area contributed by atoms with Crippen LogP contribution in [-0.2, 0) is 0 Å². The van der Waals surface area contributed by atoms with Gasteiger partial charge in [-0.25, -0.2) is 0 Å². The lowest BCUT2D eigenvalue weighted by atomic mass is 10.0. The van der Waals surface area contributed by atoms with Crippen molar-refractivity contribution in [3.63, 3.8) is 0 Å². The minimum atomic E-state index is 0.834. The Balaban J connectivity index is 1.81. The second-order valence-electron chi connectivity index (χ2n) is 3.96. The van der Waals surface area contributed by atoms with Crippen molar-refractivity contribution in [2.45, 2.75) is 39.0 Å². The molecule has 0 unspecified atom stereocenters. The molecule has 8 heavy (non-hydrogen) atoms. The first kappa shape index (κ1) is 4.84. The van der Waals surface area contributed by atoms with Crippen LogP contribution in [-0.4, -0.2) is 0 Å². The lowest BCUT2D eigenvalue weighted by Crippen LogP contribution is -1.92. The summed E-state index contributed by atoms with van der Waals surface area (Å²) in [5.74, 6) is 1.16. The molecule has 2 rings (SSSR count). The summed E-state index contributed by atoms with van der Waals surface area (Å²) in [6, 6.07) is 0. The molecular formula is C8H14. The summed E-state index contributed by atoms with van der Waals surface area (Å²) < 4.78 is 0. The van der Waals surface area contributed by atoms with Crippen LogP contribution in [0.1, 0.15) is 39.0 Å². The topological polar surface area (TPSA) is 0 Å². The first-order valence-corrected chi connectivity index (χ1v) is 3.79. The van der Waals surface area contributed by atoms with Gasteiger partial charge in [-0.05, 0) is 30.6 Å². The van der Waals surface area contributed by atoms with Crippen molar-refractivity contribution in [2.75, 3.05) is 0 Å². The lowest BCUT2D eigenvalue weighted by molar-refractivity contribution is 0.480. The zero-order valence-electron chi connectivity index (χ0n) is 5.61. The van der Waals surface area contributed by atoms with Crippen molar-refractivity contribution in [3.8, 4) is 0 Å². The van der Waals surface area contributed by atoms with Gasteiger partial charge in [-0.2, -0.15) is 0 Å². The first-order chi connectivity index (χ1) is 3.79. The van der Waals surface area contributed by atoms with Gasteiger partial charge in [-0.1, -0.05) is 19.8 Å². The highest BCUT2D eigenvalue weighted by molar-refractivity contribution is 4.93. The van der Waals surface area contributed by atoms with Crippen molar-refractivity contribution < 1.29 is 0 Å². The van der Waals surface area contributed by atoms with Crippen molar-refractivity contribution in [1.82, 2.24) is 0 Å². The third-order valence-electron chi connectivity index (χ3n) is 2.58. The summed E-state index contributed by atoms with van der Waals surface area (Å²) >= 11 is 0. The molecule has 0 aromatic carbocycles. The van der Waals surface area contributed by atoms with Crippen molar-refractivity contribution in [3.05, 3.63) is 0 Å². The Bertz CT molecular complexity index is 96.6. The first-order valence-electron chi connectivity index (χ1n) is 3.79. The zero-order valence-corrected chi connectivity index (χ0v) is 5.61.